The Morgan fingerprint density at radius 2 is 1.82 bits per heavy atom. The lowest BCUT2D eigenvalue weighted by Crippen LogP contribution is -1.98. The summed E-state index contributed by atoms with van der Waals surface area (Å²) in [5, 5.41) is 0.524. The summed E-state index contributed by atoms with van der Waals surface area (Å²) in [6.45, 7) is 1.78. The Bertz CT molecular complexity index is 827. The largest absolute Gasteiger partial charge is 0.424 e. The maximum atomic E-state index is 12.7. The van der Waals surface area contributed by atoms with Crippen LogP contribution in [0.4, 0.5) is 8.78 Å². The molecule has 3 rings (SSSR count). The predicted octanol–water partition coefficient (Wildman–Crippen LogP) is 4.22. The summed E-state index contributed by atoms with van der Waals surface area (Å²) in [7, 11) is 0. The Balaban J connectivity index is 2.06. The van der Waals surface area contributed by atoms with Crippen molar-refractivity contribution in [2.45, 2.75) is 13.3 Å². The van der Waals surface area contributed by atoms with Crippen LogP contribution in [0.5, 0.6) is 11.8 Å². The third-order valence-corrected chi connectivity index (χ3v) is 3.33. The molecule has 1 aromatic carbocycles. The second kappa shape index (κ2) is 5.88. The van der Waals surface area contributed by atoms with Crippen molar-refractivity contribution >= 4 is 26.8 Å². The van der Waals surface area contributed by atoms with Gasteiger partial charge in [0.25, 0.3) is 6.43 Å². The number of ether oxygens (including phenoxy) is 1. The van der Waals surface area contributed by atoms with E-state index in [1.165, 1.54) is 6.20 Å². The normalized spacial score (nSPS) is 11.1. The van der Waals surface area contributed by atoms with E-state index < -0.39 is 12.2 Å². The summed E-state index contributed by atoms with van der Waals surface area (Å²) in [5.41, 5.74) is 1.17. The molecule has 8 heteroatoms. The van der Waals surface area contributed by atoms with Gasteiger partial charge in [0.15, 0.2) is 5.82 Å². The monoisotopic (exact) mass is 366 g/mol. The van der Waals surface area contributed by atoms with Crippen LogP contribution in [-0.4, -0.2) is 19.9 Å². The fraction of sp³-hybridized carbons (Fsp3) is 0.143. The maximum absolute atomic E-state index is 12.7. The zero-order valence-corrected chi connectivity index (χ0v) is 12.9. The summed E-state index contributed by atoms with van der Waals surface area (Å²) in [6, 6.07) is 3.58. The van der Waals surface area contributed by atoms with Crippen LogP contribution in [0.2, 0.25) is 0 Å². The first-order chi connectivity index (χ1) is 10.5. The van der Waals surface area contributed by atoms with Crippen molar-refractivity contribution in [1.82, 2.24) is 19.9 Å². The minimum Gasteiger partial charge on any atom is -0.424 e. The predicted molar refractivity (Wildman–Crippen MR) is 79.0 cm³/mol. The lowest BCUT2D eigenvalue weighted by atomic mass is 10.1. The first kappa shape index (κ1) is 14.7. The molecule has 0 saturated carbocycles. The highest BCUT2D eigenvalue weighted by Gasteiger charge is 2.15. The molecule has 3 aromatic rings. The average Bonchev–Trinajstić information content (AvgIpc) is 2.52. The number of nitrogens with zero attached hydrogens (tertiary/aromatic N) is 4. The third kappa shape index (κ3) is 2.87. The summed E-state index contributed by atoms with van der Waals surface area (Å²) in [4.78, 5) is 15.6. The van der Waals surface area contributed by atoms with E-state index in [1.54, 1.807) is 31.5 Å². The van der Waals surface area contributed by atoms with Crippen LogP contribution in [0.15, 0.2) is 35.2 Å². The van der Waals surface area contributed by atoms with Crippen LogP contribution in [0.25, 0.3) is 10.9 Å². The molecule has 0 N–H and O–H groups in total. The molecular weight excluding hydrogens is 358 g/mol. The third-order valence-electron chi connectivity index (χ3n) is 2.92. The smallest absolute Gasteiger partial charge is 0.321 e. The van der Waals surface area contributed by atoms with Crippen molar-refractivity contribution in [3.63, 3.8) is 0 Å². The molecule has 0 saturated heterocycles. The molecule has 0 aliphatic rings. The maximum Gasteiger partial charge on any atom is 0.321 e. The first-order valence-corrected chi connectivity index (χ1v) is 7.03. The van der Waals surface area contributed by atoms with Crippen LogP contribution >= 0.6 is 15.9 Å². The quantitative estimate of drug-likeness (QED) is 0.694. The Morgan fingerprint density at radius 3 is 2.50 bits per heavy atom. The molecule has 0 spiro atoms. The lowest BCUT2D eigenvalue weighted by Gasteiger charge is -2.09. The minimum atomic E-state index is -2.72. The van der Waals surface area contributed by atoms with Gasteiger partial charge >= 0.3 is 6.01 Å². The average molecular weight is 367 g/mol. The number of fused-ring (bicyclic) bond motifs is 1. The van der Waals surface area contributed by atoms with E-state index in [0.29, 0.717) is 16.7 Å². The molecule has 0 aliphatic heterocycles. The van der Waals surface area contributed by atoms with Gasteiger partial charge in [-0.2, -0.15) is 0 Å². The van der Waals surface area contributed by atoms with Gasteiger partial charge in [0, 0.05) is 18.6 Å². The number of aromatic nitrogens is 4. The summed E-state index contributed by atoms with van der Waals surface area (Å²) in [5.74, 6) is -0.101. The van der Waals surface area contributed by atoms with Crippen LogP contribution < -0.4 is 4.74 Å². The van der Waals surface area contributed by atoms with E-state index in [0.717, 1.165) is 10.0 Å². The number of benzene rings is 1. The molecule has 0 bridgehead atoms. The zero-order chi connectivity index (χ0) is 15.7. The van der Waals surface area contributed by atoms with Gasteiger partial charge in [-0.3, -0.25) is 0 Å². The molecule has 5 nitrogen and oxygen atoms in total. The second-order valence-electron chi connectivity index (χ2n) is 4.46. The molecule has 0 amide bonds. The van der Waals surface area contributed by atoms with Gasteiger partial charge in [0.1, 0.15) is 5.75 Å². The van der Waals surface area contributed by atoms with E-state index in [4.69, 9.17) is 4.74 Å². The van der Waals surface area contributed by atoms with Crippen molar-refractivity contribution in [3.05, 3.63) is 46.6 Å². The van der Waals surface area contributed by atoms with E-state index >= 15 is 0 Å². The Kier molecular flexibility index (Phi) is 3.93. The lowest BCUT2D eigenvalue weighted by molar-refractivity contribution is 0.140. The summed E-state index contributed by atoms with van der Waals surface area (Å²) in [6.07, 6.45) is 1.70. The standard InChI is InChI=1S/C14H9BrF2N4O/c1-7-2-3-10(22-14-19-4-8(15)5-20-14)9-6-18-13(12(16)17)21-11(7)9/h2-6,12H,1H3. The van der Waals surface area contributed by atoms with E-state index in [9.17, 15) is 8.78 Å². The molecule has 2 aromatic heterocycles. The van der Waals surface area contributed by atoms with Crippen molar-refractivity contribution in [1.29, 1.82) is 0 Å². The van der Waals surface area contributed by atoms with Gasteiger partial charge < -0.3 is 4.74 Å². The Labute approximate surface area is 132 Å². The molecule has 0 aliphatic carbocycles. The first-order valence-electron chi connectivity index (χ1n) is 6.24. The van der Waals surface area contributed by atoms with Crippen LogP contribution in [-0.2, 0) is 0 Å². The van der Waals surface area contributed by atoms with E-state index in [1.807, 2.05) is 0 Å². The number of alkyl halides is 2. The van der Waals surface area contributed by atoms with Gasteiger partial charge in [0.2, 0.25) is 0 Å². The number of hydrogen-bond acceptors (Lipinski definition) is 5. The number of rotatable bonds is 3. The van der Waals surface area contributed by atoms with E-state index in [-0.39, 0.29) is 6.01 Å². The highest BCUT2D eigenvalue weighted by Crippen LogP contribution is 2.30. The Hall–Kier alpha value is -2.22. The van der Waals surface area contributed by atoms with Crippen molar-refractivity contribution in [2.75, 3.05) is 0 Å². The topological polar surface area (TPSA) is 60.8 Å². The summed E-state index contributed by atoms with van der Waals surface area (Å²) < 4.78 is 31.8. The van der Waals surface area contributed by atoms with Gasteiger partial charge in [-0.05, 0) is 34.5 Å². The molecule has 0 radical (unpaired) electrons. The second-order valence-corrected chi connectivity index (χ2v) is 5.37. The SMILES string of the molecule is Cc1ccc(Oc2ncc(Br)cn2)c2cnc(C(F)F)nc12. The fourth-order valence-electron chi connectivity index (χ4n) is 1.89. The molecule has 112 valence electrons. The van der Waals surface area contributed by atoms with Crippen molar-refractivity contribution in [2.24, 2.45) is 0 Å². The van der Waals surface area contributed by atoms with Gasteiger partial charge in [0.05, 0.1) is 15.4 Å². The molecular formula is C14H9BrF2N4O. The number of hydrogen-bond donors (Lipinski definition) is 0. The number of aryl methyl sites for hydroxylation is 1. The number of halogens is 3. The van der Waals surface area contributed by atoms with Crippen LogP contribution in [0, 0.1) is 6.92 Å². The van der Waals surface area contributed by atoms with Gasteiger partial charge in [-0.15, -0.1) is 0 Å². The minimum absolute atomic E-state index is 0.145. The molecule has 22 heavy (non-hydrogen) atoms. The van der Waals surface area contributed by atoms with Crippen LogP contribution in [0.3, 0.4) is 0 Å². The van der Waals surface area contributed by atoms with Gasteiger partial charge in [-0.1, -0.05) is 6.07 Å². The molecule has 0 atom stereocenters. The molecule has 0 unspecified atom stereocenters. The van der Waals surface area contributed by atoms with E-state index in [2.05, 4.69) is 35.9 Å². The zero-order valence-electron chi connectivity index (χ0n) is 11.3. The van der Waals surface area contributed by atoms with Gasteiger partial charge in [-0.25, -0.2) is 28.7 Å². The van der Waals surface area contributed by atoms with Crippen LogP contribution in [0.1, 0.15) is 17.8 Å². The summed E-state index contributed by atoms with van der Waals surface area (Å²) >= 11 is 3.23. The highest BCUT2D eigenvalue weighted by molar-refractivity contribution is 9.10. The highest BCUT2D eigenvalue weighted by atomic mass is 79.9. The fourth-order valence-corrected chi connectivity index (χ4v) is 2.10. The Morgan fingerprint density at radius 1 is 1.09 bits per heavy atom. The van der Waals surface area contributed by atoms with Crippen molar-refractivity contribution < 1.29 is 13.5 Å². The molecule has 0 fully saturated rings. The van der Waals surface area contributed by atoms with Crippen molar-refractivity contribution in [3.8, 4) is 11.8 Å². The molecule has 2 heterocycles.